The maximum Gasteiger partial charge on any atom is 0.349 e. The lowest BCUT2D eigenvalue weighted by Crippen LogP contribution is -2.34. The molecular weight excluding hydrogens is 306 g/mol. The van der Waals surface area contributed by atoms with Gasteiger partial charge >= 0.3 is 11.9 Å². The SMILES string of the molecule is COC(=O)c1sccc1S(=O)(=O)N(C)CC(C)C(=O)O. The number of aliphatic carboxylic acids is 1. The lowest BCUT2D eigenvalue weighted by atomic mass is 10.2. The number of hydrogen-bond donors (Lipinski definition) is 1. The van der Waals surface area contributed by atoms with Crippen molar-refractivity contribution in [3.63, 3.8) is 0 Å². The first-order chi connectivity index (χ1) is 9.21. The van der Waals surface area contributed by atoms with Crippen molar-refractivity contribution in [1.29, 1.82) is 0 Å². The van der Waals surface area contributed by atoms with Gasteiger partial charge in [0.1, 0.15) is 9.77 Å². The van der Waals surface area contributed by atoms with Gasteiger partial charge in [-0.15, -0.1) is 11.3 Å². The van der Waals surface area contributed by atoms with Gasteiger partial charge in [-0.05, 0) is 11.4 Å². The average Bonchev–Trinajstić information content (AvgIpc) is 2.87. The molecule has 9 heteroatoms. The minimum Gasteiger partial charge on any atom is -0.481 e. The Kier molecular flexibility index (Phi) is 5.26. The van der Waals surface area contributed by atoms with Crippen LogP contribution in [0.25, 0.3) is 0 Å². The summed E-state index contributed by atoms with van der Waals surface area (Å²) in [7, 11) is -1.50. The van der Waals surface area contributed by atoms with Crippen LogP contribution >= 0.6 is 11.3 Å². The first-order valence-corrected chi connectivity index (χ1v) is 7.88. The van der Waals surface area contributed by atoms with Crippen molar-refractivity contribution in [2.45, 2.75) is 11.8 Å². The maximum absolute atomic E-state index is 12.3. The minimum absolute atomic E-state index is 0.0256. The second-order valence-corrected chi connectivity index (χ2v) is 7.06. The fourth-order valence-corrected chi connectivity index (χ4v) is 4.04. The highest BCUT2D eigenvalue weighted by molar-refractivity contribution is 7.89. The van der Waals surface area contributed by atoms with Gasteiger partial charge in [-0.3, -0.25) is 4.79 Å². The Morgan fingerprint density at radius 3 is 2.60 bits per heavy atom. The fourth-order valence-electron chi connectivity index (χ4n) is 1.47. The normalized spacial score (nSPS) is 13.2. The highest BCUT2D eigenvalue weighted by Gasteiger charge is 2.30. The third-order valence-corrected chi connectivity index (χ3v) is 5.53. The number of rotatable bonds is 6. The van der Waals surface area contributed by atoms with Crippen LogP contribution in [-0.4, -0.2) is 50.5 Å². The Morgan fingerprint density at radius 2 is 2.10 bits per heavy atom. The highest BCUT2D eigenvalue weighted by Crippen LogP contribution is 2.25. The zero-order valence-electron chi connectivity index (χ0n) is 11.2. The Bertz CT molecular complexity index is 606. The van der Waals surface area contributed by atoms with Crippen LogP contribution in [0.2, 0.25) is 0 Å². The number of esters is 1. The third kappa shape index (κ3) is 3.35. The van der Waals surface area contributed by atoms with Gasteiger partial charge in [-0.2, -0.15) is 0 Å². The molecule has 1 rings (SSSR count). The van der Waals surface area contributed by atoms with Crippen LogP contribution in [0, 0.1) is 5.92 Å². The van der Waals surface area contributed by atoms with Gasteiger partial charge in [0.05, 0.1) is 13.0 Å². The topological polar surface area (TPSA) is 101 Å². The molecule has 0 saturated heterocycles. The van der Waals surface area contributed by atoms with E-state index in [-0.39, 0.29) is 16.3 Å². The molecule has 0 aliphatic rings. The van der Waals surface area contributed by atoms with Crippen LogP contribution in [0.4, 0.5) is 0 Å². The number of carboxylic acids is 1. The number of methoxy groups -OCH3 is 1. The van der Waals surface area contributed by atoms with Crippen molar-refractivity contribution in [2.24, 2.45) is 5.92 Å². The average molecular weight is 321 g/mol. The zero-order valence-corrected chi connectivity index (χ0v) is 12.8. The first-order valence-electron chi connectivity index (χ1n) is 5.56. The van der Waals surface area contributed by atoms with Crippen LogP contribution < -0.4 is 0 Å². The molecule has 1 aromatic rings. The number of carbonyl (C=O) groups is 2. The van der Waals surface area contributed by atoms with Crippen molar-refractivity contribution in [3.05, 3.63) is 16.3 Å². The molecular formula is C11H15NO6S2. The van der Waals surface area contributed by atoms with E-state index >= 15 is 0 Å². The molecule has 0 spiro atoms. The van der Waals surface area contributed by atoms with Crippen molar-refractivity contribution >= 4 is 33.3 Å². The van der Waals surface area contributed by atoms with E-state index in [1.807, 2.05) is 0 Å². The summed E-state index contributed by atoms with van der Waals surface area (Å²) in [6.45, 7) is 1.22. The molecule has 0 fully saturated rings. The summed E-state index contributed by atoms with van der Waals surface area (Å²) < 4.78 is 30.1. The molecule has 112 valence electrons. The predicted molar refractivity (Wildman–Crippen MR) is 72.3 cm³/mol. The van der Waals surface area contributed by atoms with Gasteiger partial charge < -0.3 is 9.84 Å². The molecule has 20 heavy (non-hydrogen) atoms. The number of nitrogens with zero attached hydrogens (tertiary/aromatic N) is 1. The molecule has 0 aromatic carbocycles. The lowest BCUT2D eigenvalue weighted by molar-refractivity contribution is -0.141. The molecule has 0 bridgehead atoms. The molecule has 0 radical (unpaired) electrons. The van der Waals surface area contributed by atoms with Crippen LogP contribution in [-0.2, 0) is 19.6 Å². The Balaban J connectivity index is 3.08. The number of carbonyl (C=O) groups excluding carboxylic acids is 1. The smallest absolute Gasteiger partial charge is 0.349 e. The number of ether oxygens (including phenoxy) is 1. The van der Waals surface area contributed by atoms with Gasteiger partial charge in [0.15, 0.2) is 0 Å². The zero-order chi connectivity index (χ0) is 15.5. The third-order valence-electron chi connectivity index (χ3n) is 2.64. The Labute approximate surface area is 120 Å². The van der Waals surface area contributed by atoms with Crippen LogP contribution in [0.3, 0.4) is 0 Å². The second kappa shape index (κ2) is 6.33. The van der Waals surface area contributed by atoms with E-state index in [9.17, 15) is 18.0 Å². The van der Waals surface area contributed by atoms with Crippen molar-refractivity contribution < 1.29 is 27.9 Å². The van der Waals surface area contributed by atoms with E-state index < -0.39 is 27.9 Å². The molecule has 1 aromatic heterocycles. The van der Waals surface area contributed by atoms with Crippen molar-refractivity contribution in [1.82, 2.24) is 4.31 Å². The molecule has 0 aliphatic carbocycles. The van der Waals surface area contributed by atoms with E-state index in [1.54, 1.807) is 0 Å². The molecule has 1 N–H and O–H groups in total. The van der Waals surface area contributed by atoms with Crippen LogP contribution in [0.5, 0.6) is 0 Å². The molecule has 1 heterocycles. The molecule has 1 atom stereocenters. The number of carboxylic acid groups (broad SMARTS) is 1. The van der Waals surface area contributed by atoms with E-state index in [0.29, 0.717) is 0 Å². The fraction of sp³-hybridized carbons (Fsp3) is 0.455. The number of thiophene rings is 1. The Morgan fingerprint density at radius 1 is 1.50 bits per heavy atom. The monoisotopic (exact) mass is 321 g/mol. The maximum atomic E-state index is 12.3. The van der Waals surface area contributed by atoms with Gasteiger partial charge in [0, 0.05) is 13.6 Å². The molecule has 1 unspecified atom stereocenters. The summed E-state index contributed by atoms with van der Waals surface area (Å²) in [5.74, 6) is -2.68. The molecule has 0 amide bonds. The standard InChI is InChI=1S/C11H15NO6S2/c1-7(10(13)14)6-12(2)20(16,17)8-4-5-19-9(8)11(15)18-3/h4-5,7H,6H2,1-3H3,(H,13,14). The van der Waals surface area contributed by atoms with Gasteiger partial charge in [0.25, 0.3) is 0 Å². The largest absolute Gasteiger partial charge is 0.481 e. The van der Waals surface area contributed by atoms with Crippen molar-refractivity contribution in [2.75, 3.05) is 20.7 Å². The summed E-state index contributed by atoms with van der Waals surface area (Å²) >= 11 is 0.955. The second-order valence-electron chi connectivity index (χ2n) is 4.13. The van der Waals surface area contributed by atoms with Crippen molar-refractivity contribution in [3.8, 4) is 0 Å². The summed E-state index contributed by atoms with van der Waals surface area (Å²) in [6, 6.07) is 1.30. The van der Waals surface area contributed by atoms with E-state index in [0.717, 1.165) is 22.8 Å². The van der Waals surface area contributed by atoms with E-state index in [2.05, 4.69) is 4.74 Å². The van der Waals surface area contributed by atoms with Gasteiger partial charge in [0.2, 0.25) is 10.0 Å². The van der Waals surface area contributed by atoms with E-state index in [1.165, 1.54) is 25.4 Å². The summed E-state index contributed by atoms with van der Waals surface area (Å²) in [5, 5.41) is 10.3. The Hall–Kier alpha value is -1.45. The predicted octanol–water partition coefficient (Wildman–Crippen LogP) is 0.876. The van der Waals surface area contributed by atoms with Crippen LogP contribution in [0.15, 0.2) is 16.3 Å². The first kappa shape index (κ1) is 16.6. The molecule has 0 aliphatic heterocycles. The van der Waals surface area contributed by atoms with Gasteiger partial charge in [-0.1, -0.05) is 6.92 Å². The number of hydrogen-bond acceptors (Lipinski definition) is 6. The molecule has 0 saturated carbocycles. The summed E-state index contributed by atoms with van der Waals surface area (Å²) in [6.07, 6.45) is 0. The van der Waals surface area contributed by atoms with E-state index in [4.69, 9.17) is 5.11 Å². The molecule has 7 nitrogen and oxygen atoms in total. The summed E-state index contributed by atoms with van der Waals surface area (Å²) in [5.41, 5.74) is 0. The van der Waals surface area contributed by atoms with Crippen LogP contribution in [0.1, 0.15) is 16.6 Å². The summed E-state index contributed by atoms with van der Waals surface area (Å²) in [4.78, 5) is 22.1. The number of sulfonamides is 1. The lowest BCUT2D eigenvalue weighted by Gasteiger charge is -2.19. The van der Waals surface area contributed by atoms with Gasteiger partial charge in [-0.25, -0.2) is 17.5 Å². The highest BCUT2D eigenvalue weighted by atomic mass is 32.2. The quantitative estimate of drug-likeness (QED) is 0.780. The minimum atomic E-state index is -3.93.